The van der Waals surface area contributed by atoms with Crippen LogP contribution in [0.4, 0.5) is 0 Å². The summed E-state index contributed by atoms with van der Waals surface area (Å²) >= 11 is 0. The van der Waals surface area contributed by atoms with Crippen molar-refractivity contribution < 1.29 is 14.3 Å². The number of likely N-dealkylation sites (tertiary alicyclic amines) is 1. The molecule has 1 unspecified atom stereocenters. The molecule has 4 rings (SSSR count). The van der Waals surface area contributed by atoms with E-state index in [0.29, 0.717) is 23.6 Å². The predicted molar refractivity (Wildman–Crippen MR) is 113 cm³/mol. The fraction of sp³-hybridized carbons (Fsp3) is 0.391. The molecule has 0 spiro atoms. The van der Waals surface area contributed by atoms with Crippen molar-refractivity contribution in [2.24, 2.45) is 0 Å². The molecule has 1 saturated heterocycles. The van der Waals surface area contributed by atoms with Gasteiger partial charge >= 0.3 is 0 Å². The zero-order valence-electron chi connectivity index (χ0n) is 17.1. The Hall–Kier alpha value is -3.02. The first-order valence-corrected chi connectivity index (χ1v) is 10.1. The molecule has 0 aliphatic carbocycles. The number of nitrogens with zero attached hydrogens (tertiary/aromatic N) is 2. The number of H-pyrrole nitrogens is 1. The molecule has 1 amide bonds. The summed E-state index contributed by atoms with van der Waals surface area (Å²) in [5, 5.41) is 0. The van der Waals surface area contributed by atoms with Crippen LogP contribution in [-0.4, -0.2) is 47.1 Å². The van der Waals surface area contributed by atoms with Crippen LogP contribution in [0.2, 0.25) is 0 Å². The molecule has 1 aliphatic heterocycles. The maximum absolute atomic E-state index is 13.1. The molecule has 1 atom stereocenters. The van der Waals surface area contributed by atoms with Gasteiger partial charge in [-0.25, -0.2) is 4.98 Å². The number of hydrogen-bond acceptors (Lipinski definition) is 4. The van der Waals surface area contributed by atoms with E-state index in [1.54, 1.807) is 13.2 Å². The standard InChI is InChI=1S/C23H27N3O3/c1-15(2)29-20-11-10-16(13-21(20)28-3)23(27)26-12-6-7-17(14-26)22-24-18-8-4-5-9-19(18)25-22/h4-5,8-11,13,15,17H,6-7,12,14H2,1-3H3,(H,24,25). The maximum atomic E-state index is 13.1. The number of rotatable bonds is 5. The number of benzene rings is 2. The zero-order chi connectivity index (χ0) is 20.4. The van der Waals surface area contributed by atoms with Crippen LogP contribution in [0.5, 0.6) is 11.5 Å². The molecular formula is C23H27N3O3. The van der Waals surface area contributed by atoms with Gasteiger partial charge in [0.05, 0.1) is 24.2 Å². The molecule has 6 heteroatoms. The van der Waals surface area contributed by atoms with Gasteiger partial charge in [-0.1, -0.05) is 12.1 Å². The van der Waals surface area contributed by atoms with Crippen molar-refractivity contribution in [3.8, 4) is 11.5 Å². The average Bonchev–Trinajstić information content (AvgIpc) is 3.17. The Balaban J connectivity index is 1.52. The summed E-state index contributed by atoms with van der Waals surface area (Å²) in [6, 6.07) is 13.4. The van der Waals surface area contributed by atoms with E-state index in [-0.39, 0.29) is 17.9 Å². The largest absolute Gasteiger partial charge is 0.493 e. The number of ether oxygens (including phenoxy) is 2. The van der Waals surface area contributed by atoms with E-state index in [1.165, 1.54) is 0 Å². The molecule has 6 nitrogen and oxygen atoms in total. The predicted octanol–water partition coefficient (Wildman–Crippen LogP) is 4.38. The Morgan fingerprint density at radius 3 is 2.79 bits per heavy atom. The van der Waals surface area contributed by atoms with Gasteiger partial charge in [-0.15, -0.1) is 0 Å². The SMILES string of the molecule is COc1cc(C(=O)N2CCCC(c3nc4ccccc4[nH]3)C2)ccc1OC(C)C. The highest BCUT2D eigenvalue weighted by Gasteiger charge is 2.28. The number of imidazole rings is 1. The molecule has 1 fully saturated rings. The minimum absolute atomic E-state index is 0.0141. The molecule has 2 heterocycles. The molecular weight excluding hydrogens is 366 g/mol. The quantitative estimate of drug-likeness (QED) is 0.699. The van der Waals surface area contributed by atoms with Gasteiger partial charge in [-0.3, -0.25) is 4.79 Å². The fourth-order valence-electron chi connectivity index (χ4n) is 3.89. The Bertz CT molecular complexity index is 979. The molecule has 2 aromatic carbocycles. The van der Waals surface area contributed by atoms with Gasteiger partial charge in [0.2, 0.25) is 0 Å². The van der Waals surface area contributed by atoms with Crippen LogP contribution in [0.25, 0.3) is 11.0 Å². The highest BCUT2D eigenvalue weighted by molar-refractivity contribution is 5.95. The first-order chi connectivity index (χ1) is 14.0. The second-order valence-corrected chi connectivity index (χ2v) is 7.76. The number of carbonyl (C=O) groups is 1. The maximum Gasteiger partial charge on any atom is 0.254 e. The van der Waals surface area contributed by atoms with E-state index < -0.39 is 0 Å². The Kier molecular flexibility index (Phi) is 5.43. The first-order valence-electron chi connectivity index (χ1n) is 10.1. The number of piperidine rings is 1. The summed E-state index contributed by atoms with van der Waals surface area (Å²) in [4.78, 5) is 23.2. The van der Waals surface area contributed by atoms with Gasteiger partial charge in [-0.2, -0.15) is 0 Å². The van der Waals surface area contributed by atoms with Crippen molar-refractivity contribution in [1.82, 2.24) is 14.9 Å². The van der Waals surface area contributed by atoms with Crippen molar-refractivity contribution in [3.63, 3.8) is 0 Å². The topological polar surface area (TPSA) is 67.5 Å². The molecule has 0 radical (unpaired) electrons. The lowest BCUT2D eigenvalue weighted by Crippen LogP contribution is -2.39. The van der Waals surface area contributed by atoms with E-state index in [9.17, 15) is 4.79 Å². The van der Waals surface area contributed by atoms with E-state index in [4.69, 9.17) is 14.5 Å². The summed E-state index contributed by atoms with van der Waals surface area (Å²) in [5.74, 6) is 2.42. The van der Waals surface area contributed by atoms with Crippen LogP contribution in [0.15, 0.2) is 42.5 Å². The van der Waals surface area contributed by atoms with Gasteiger partial charge in [0.15, 0.2) is 11.5 Å². The van der Waals surface area contributed by atoms with Crippen molar-refractivity contribution in [2.45, 2.75) is 38.7 Å². The van der Waals surface area contributed by atoms with Crippen LogP contribution < -0.4 is 9.47 Å². The number of aromatic amines is 1. The van der Waals surface area contributed by atoms with Crippen molar-refractivity contribution >= 4 is 16.9 Å². The van der Waals surface area contributed by atoms with Crippen molar-refractivity contribution in [1.29, 1.82) is 0 Å². The van der Waals surface area contributed by atoms with E-state index in [1.807, 2.05) is 55.1 Å². The summed E-state index contributed by atoms with van der Waals surface area (Å²) < 4.78 is 11.2. The van der Waals surface area contributed by atoms with Crippen LogP contribution in [0, 0.1) is 0 Å². The third-order valence-electron chi connectivity index (χ3n) is 5.28. The van der Waals surface area contributed by atoms with Gasteiger partial charge in [-0.05, 0) is 57.0 Å². The summed E-state index contributed by atoms with van der Waals surface area (Å²) in [5.41, 5.74) is 2.62. The van der Waals surface area contributed by atoms with E-state index in [2.05, 4.69) is 4.98 Å². The lowest BCUT2D eigenvalue weighted by atomic mass is 9.96. The number of carbonyl (C=O) groups excluding carboxylic acids is 1. The molecule has 1 N–H and O–H groups in total. The molecule has 1 aliphatic rings. The number of methoxy groups -OCH3 is 1. The second kappa shape index (κ2) is 8.15. The minimum Gasteiger partial charge on any atom is -0.493 e. The van der Waals surface area contributed by atoms with Crippen LogP contribution >= 0.6 is 0 Å². The van der Waals surface area contributed by atoms with Crippen molar-refractivity contribution in [2.75, 3.05) is 20.2 Å². The van der Waals surface area contributed by atoms with Gasteiger partial charge in [0, 0.05) is 24.6 Å². The third-order valence-corrected chi connectivity index (χ3v) is 5.28. The van der Waals surface area contributed by atoms with Gasteiger partial charge < -0.3 is 19.4 Å². The molecule has 0 saturated carbocycles. The summed E-state index contributed by atoms with van der Waals surface area (Å²) in [7, 11) is 1.59. The smallest absolute Gasteiger partial charge is 0.254 e. The molecule has 0 bridgehead atoms. The van der Waals surface area contributed by atoms with Crippen LogP contribution in [-0.2, 0) is 0 Å². The normalized spacial score (nSPS) is 17.0. The fourth-order valence-corrected chi connectivity index (χ4v) is 3.89. The van der Waals surface area contributed by atoms with E-state index in [0.717, 1.165) is 36.2 Å². The number of hydrogen-bond donors (Lipinski definition) is 1. The number of nitrogens with one attached hydrogen (secondary N) is 1. The lowest BCUT2D eigenvalue weighted by Gasteiger charge is -2.32. The highest BCUT2D eigenvalue weighted by Crippen LogP contribution is 2.31. The van der Waals surface area contributed by atoms with Gasteiger partial charge in [0.25, 0.3) is 5.91 Å². The molecule has 29 heavy (non-hydrogen) atoms. The highest BCUT2D eigenvalue weighted by atomic mass is 16.5. The van der Waals surface area contributed by atoms with Crippen molar-refractivity contribution in [3.05, 3.63) is 53.9 Å². The number of amides is 1. The van der Waals surface area contributed by atoms with Gasteiger partial charge in [0.1, 0.15) is 5.82 Å². The summed E-state index contributed by atoms with van der Waals surface area (Å²) in [6.07, 6.45) is 2.02. The van der Waals surface area contributed by atoms with Crippen LogP contribution in [0.3, 0.4) is 0 Å². The van der Waals surface area contributed by atoms with Crippen LogP contribution in [0.1, 0.15) is 48.8 Å². The molecule has 3 aromatic rings. The zero-order valence-corrected chi connectivity index (χ0v) is 17.1. The third kappa shape index (κ3) is 4.06. The molecule has 1 aromatic heterocycles. The molecule has 152 valence electrons. The number of fused-ring (bicyclic) bond motifs is 1. The van der Waals surface area contributed by atoms with E-state index >= 15 is 0 Å². The average molecular weight is 393 g/mol. The second-order valence-electron chi connectivity index (χ2n) is 7.76. The minimum atomic E-state index is 0.0141. The Morgan fingerprint density at radius 2 is 2.03 bits per heavy atom. The number of aromatic nitrogens is 2. The Morgan fingerprint density at radius 1 is 1.21 bits per heavy atom. The summed E-state index contributed by atoms with van der Waals surface area (Å²) in [6.45, 7) is 5.34. The number of para-hydroxylation sites is 2. The first kappa shape index (κ1) is 19.3. The monoisotopic (exact) mass is 393 g/mol. The Labute approximate surface area is 170 Å². The lowest BCUT2D eigenvalue weighted by molar-refractivity contribution is 0.0704.